The van der Waals surface area contributed by atoms with Crippen LogP contribution in [-0.2, 0) is 25.8 Å². The zero-order valence-electron chi connectivity index (χ0n) is 18.0. The van der Waals surface area contributed by atoms with Gasteiger partial charge in [0.25, 0.3) is 11.5 Å². The summed E-state index contributed by atoms with van der Waals surface area (Å²) in [6, 6.07) is 11.1. The van der Waals surface area contributed by atoms with Crippen molar-refractivity contribution >= 4 is 5.91 Å². The van der Waals surface area contributed by atoms with Crippen LogP contribution in [0.1, 0.15) is 72.6 Å². The van der Waals surface area contributed by atoms with E-state index in [1.54, 1.807) is 0 Å². The van der Waals surface area contributed by atoms with Crippen LogP contribution < -0.4 is 10.9 Å². The Hall–Kier alpha value is -2.40. The number of pyridine rings is 1. The van der Waals surface area contributed by atoms with Gasteiger partial charge in [-0.15, -0.1) is 0 Å². The Bertz CT molecular complexity index is 889. The molecular formula is C25H34N2O3. The van der Waals surface area contributed by atoms with Crippen LogP contribution in [-0.4, -0.2) is 28.2 Å². The van der Waals surface area contributed by atoms with E-state index in [1.807, 2.05) is 41.0 Å². The van der Waals surface area contributed by atoms with Crippen LogP contribution >= 0.6 is 0 Å². The zero-order chi connectivity index (χ0) is 21.3. The topological polar surface area (TPSA) is 71.3 Å². The number of aryl methyl sites for hydroxylation is 1. The summed E-state index contributed by atoms with van der Waals surface area (Å²) in [5, 5.41) is 12.7. The fourth-order valence-corrected chi connectivity index (χ4v) is 4.27. The van der Waals surface area contributed by atoms with Crippen molar-refractivity contribution < 1.29 is 9.90 Å². The number of hydrogen-bond acceptors (Lipinski definition) is 3. The molecule has 5 nitrogen and oxygen atoms in total. The van der Waals surface area contributed by atoms with Gasteiger partial charge in [0.15, 0.2) is 0 Å². The Labute approximate surface area is 179 Å². The molecule has 0 saturated heterocycles. The van der Waals surface area contributed by atoms with Crippen LogP contribution in [0.3, 0.4) is 0 Å². The molecule has 1 amide bonds. The summed E-state index contributed by atoms with van der Waals surface area (Å²) in [6.45, 7) is 2.60. The molecule has 0 bridgehead atoms. The van der Waals surface area contributed by atoms with Crippen molar-refractivity contribution in [1.29, 1.82) is 0 Å². The molecule has 0 spiro atoms. The molecule has 3 rings (SSSR count). The van der Waals surface area contributed by atoms with Crippen LogP contribution in [0.5, 0.6) is 0 Å². The van der Waals surface area contributed by atoms with E-state index in [0.29, 0.717) is 13.0 Å². The summed E-state index contributed by atoms with van der Waals surface area (Å²) in [4.78, 5) is 26.3. The van der Waals surface area contributed by atoms with Crippen molar-refractivity contribution in [3.63, 3.8) is 0 Å². The average molecular weight is 411 g/mol. The molecule has 1 aromatic heterocycles. The van der Waals surface area contributed by atoms with Gasteiger partial charge in [-0.25, -0.2) is 0 Å². The average Bonchev–Trinajstić information content (AvgIpc) is 2.74. The van der Waals surface area contributed by atoms with E-state index in [1.165, 1.54) is 12.8 Å². The Balaban J connectivity index is 1.88. The van der Waals surface area contributed by atoms with E-state index in [-0.39, 0.29) is 23.6 Å². The summed E-state index contributed by atoms with van der Waals surface area (Å²) in [6.07, 6.45) is 8.84. The molecule has 2 aromatic rings. The summed E-state index contributed by atoms with van der Waals surface area (Å²) in [5.41, 5.74) is 3.30. The fourth-order valence-electron chi connectivity index (χ4n) is 4.27. The molecule has 1 heterocycles. The quantitative estimate of drug-likeness (QED) is 0.698. The van der Waals surface area contributed by atoms with Crippen molar-refractivity contribution in [2.24, 2.45) is 0 Å². The number of amides is 1. The van der Waals surface area contributed by atoms with Gasteiger partial charge in [-0.3, -0.25) is 9.59 Å². The minimum Gasteiger partial charge on any atom is -0.394 e. The highest BCUT2D eigenvalue weighted by molar-refractivity contribution is 5.94. The largest absolute Gasteiger partial charge is 0.394 e. The second-order valence-electron chi connectivity index (χ2n) is 8.30. The van der Waals surface area contributed by atoms with Crippen LogP contribution in [0.2, 0.25) is 0 Å². The Morgan fingerprint density at radius 1 is 1.13 bits per heavy atom. The lowest BCUT2D eigenvalue weighted by Crippen LogP contribution is -2.42. The maximum absolute atomic E-state index is 13.3. The third-order valence-electron chi connectivity index (χ3n) is 5.96. The maximum Gasteiger partial charge on any atom is 0.263 e. The van der Waals surface area contributed by atoms with Gasteiger partial charge >= 0.3 is 0 Å². The van der Waals surface area contributed by atoms with Crippen molar-refractivity contribution in [2.45, 2.75) is 77.3 Å². The molecule has 162 valence electrons. The van der Waals surface area contributed by atoms with E-state index < -0.39 is 6.04 Å². The van der Waals surface area contributed by atoms with Gasteiger partial charge in [-0.2, -0.15) is 0 Å². The molecule has 30 heavy (non-hydrogen) atoms. The molecule has 5 heteroatoms. The predicted octanol–water partition coefficient (Wildman–Crippen LogP) is 3.64. The van der Waals surface area contributed by atoms with Gasteiger partial charge < -0.3 is 15.0 Å². The fraction of sp³-hybridized carbons (Fsp3) is 0.520. The van der Waals surface area contributed by atoms with E-state index in [0.717, 1.165) is 55.3 Å². The summed E-state index contributed by atoms with van der Waals surface area (Å²) < 4.78 is 1.85. The number of unbranched alkanes of at least 4 members (excludes halogenated alkanes) is 1. The van der Waals surface area contributed by atoms with Gasteiger partial charge in [0, 0.05) is 12.2 Å². The second kappa shape index (κ2) is 11.1. The van der Waals surface area contributed by atoms with Crippen molar-refractivity contribution in [3.8, 4) is 0 Å². The molecule has 0 fully saturated rings. The number of fused-ring (bicyclic) bond motifs is 1. The third-order valence-corrected chi connectivity index (χ3v) is 5.96. The van der Waals surface area contributed by atoms with Gasteiger partial charge in [-0.05, 0) is 55.7 Å². The highest BCUT2D eigenvalue weighted by Gasteiger charge is 2.22. The van der Waals surface area contributed by atoms with Crippen LogP contribution in [0.15, 0.2) is 41.2 Å². The molecule has 1 aliphatic rings. The molecule has 0 unspecified atom stereocenters. The van der Waals surface area contributed by atoms with Gasteiger partial charge in [0.05, 0.1) is 12.6 Å². The number of benzene rings is 1. The van der Waals surface area contributed by atoms with Gasteiger partial charge in [0.2, 0.25) is 0 Å². The van der Waals surface area contributed by atoms with E-state index in [4.69, 9.17) is 0 Å². The molecule has 0 aliphatic heterocycles. The minimum atomic E-state index is -0.426. The molecule has 1 atom stereocenters. The summed E-state index contributed by atoms with van der Waals surface area (Å²) in [5.74, 6) is -0.384. The molecule has 0 saturated carbocycles. The number of carbonyl (C=O) groups excluding carboxylic acids is 1. The smallest absolute Gasteiger partial charge is 0.263 e. The predicted molar refractivity (Wildman–Crippen MR) is 120 cm³/mol. The first-order valence-electron chi connectivity index (χ1n) is 11.3. The first-order chi connectivity index (χ1) is 14.6. The molecule has 0 radical (unpaired) electrons. The Morgan fingerprint density at radius 2 is 1.87 bits per heavy atom. The van der Waals surface area contributed by atoms with Crippen molar-refractivity contribution in [3.05, 3.63) is 69.1 Å². The van der Waals surface area contributed by atoms with E-state index in [2.05, 4.69) is 12.2 Å². The maximum atomic E-state index is 13.3. The van der Waals surface area contributed by atoms with Crippen molar-refractivity contribution in [2.75, 3.05) is 6.61 Å². The molecular weight excluding hydrogens is 376 g/mol. The number of carbonyl (C=O) groups is 1. The summed E-state index contributed by atoms with van der Waals surface area (Å²) in [7, 11) is 0. The lowest BCUT2D eigenvalue weighted by Gasteiger charge is -2.22. The lowest BCUT2D eigenvalue weighted by atomic mass is 9.95. The first-order valence-corrected chi connectivity index (χ1v) is 11.3. The highest BCUT2D eigenvalue weighted by Crippen LogP contribution is 2.21. The minimum absolute atomic E-state index is 0.171. The number of rotatable bonds is 8. The van der Waals surface area contributed by atoms with Crippen LogP contribution in [0.25, 0.3) is 0 Å². The first kappa shape index (κ1) is 22.3. The number of nitrogens with zero attached hydrogens (tertiary/aromatic N) is 1. The van der Waals surface area contributed by atoms with E-state index in [9.17, 15) is 14.7 Å². The number of aliphatic hydroxyl groups is 1. The van der Waals surface area contributed by atoms with Crippen LogP contribution in [0, 0.1) is 0 Å². The molecule has 1 aliphatic carbocycles. The van der Waals surface area contributed by atoms with Crippen molar-refractivity contribution in [1.82, 2.24) is 9.88 Å². The Kier molecular flexibility index (Phi) is 8.26. The monoisotopic (exact) mass is 410 g/mol. The Morgan fingerprint density at radius 3 is 2.57 bits per heavy atom. The molecule has 2 N–H and O–H groups in total. The normalized spacial score (nSPS) is 15.0. The van der Waals surface area contributed by atoms with Gasteiger partial charge in [0.1, 0.15) is 5.56 Å². The number of hydrogen-bond donors (Lipinski definition) is 2. The van der Waals surface area contributed by atoms with Gasteiger partial charge in [-0.1, -0.05) is 56.5 Å². The molecule has 1 aromatic carbocycles. The highest BCUT2D eigenvalue weighted by atomic mass is 16.3. The summed E-state index contributed by atoms with van der Waals surface area (Å²) >= 11 is 0. The number of aromatic nitrogens is 1. The van der Waals surface area contributed by atoms with Crippen LogP contribution in [0.4, 0.5) is 0 Å². The third kappa shape index (κ3) is 5.60. The van der Waals surface area contributed by atoms with E-state index >= 15 is 0 Å². The second-order valence-corrected chi connectivity index (χ2v) is 8.30. The number of nitrogens with one attached hydrogen (secondary N) is 1. The lowest BCUT2D eigenvalue weighted by molar-refractivity contribution is 0.0914. The standard InChI is InChI=1S/C25H34N2O3/c1-2-3-15-27-23-14-10-5-4-9-13-20(23)17-22(25(27)30)24(29)26-21(18-28)16-19-11-7-6-8-12-19/h6-8,11-12,17,21,28H,2-5,9-10,13-16,18H2,1H3,(H,26,29)/t21-/m1/s1. The zero-order valence-corrected chi connectivity index (χ0v) is 18.0. The number of aliphatic hydroxyl groups excluding tert-OH is 1. The SMILES string of the molecule is CCCCn1c2c(cc(C(=O)N[C@@H](CO)Cc3ccccc3)c1=O)CCCCCC2.